The van der Waals surface area contributed by atoms with Crippen molar-refractivity contribution in [3.05, 3.63) is 47.0 Å². The lowest BCUT2D eigenvalue weighted by molar-refractivity contribution is -0.154. The first-order chi connectivity index (χ1) is 12.0. The van der Waals surface area contributed by atoms with E-state index in [9.17, 15) is 24.6 Å². The molecule has 1 aliphatic heterocycles. The van der Waals surface area contributed by atoms with Gasteiger partial charge in [-0.05, 0) is 29.6 Å². The number of ether oxygens (including phenoxy) is 1. The molecule has 0 radical (unpaired) electrons. The first-order valence-corrected chi connectivity index (χ1v) is 8.06. The molecule has 1 aliphatic carbocycles. The number of rotatable bonds is 4. The summed E-state index contributed by atoms with van der Waals surface area (Å²) >= 11 is 0. The van der Waals surface area contributed by atoms with E-state index in [4.69, 9.17) is 4.74 Å². The third-order valence-electron chi connectivity index (χ3n) is 4.78. The molecule has 0 fully saturated rings. The lowest BCUT2D eigenvalue weighted by atomic mass is 9.76. The van der Waals surface area contributed by atoms with E-state index in [0.717, 1.165) is 16.7 Å². The van der Waals surface area contributed by atoms with Gasteiger partial charge in [0.1, 0.15) is 6.61 Å². The average Bonchev–Trinajstić information content (AvgIpc) is 3.02. The zero-order valence-electron chi connectivity index (χ0n) is 13.6. The van der Waals surface area contributed by atoms with Gasteiger partial charge in [-0.15, -0.1) is 0 Å². The van der Waals surface area contributed by atoms with Crippen molar-refractivity contribution in [1.82, 2.24) is 4.90 Å². The predicted octanol–water partition coefficient (Wildman–Crippen LogP) is 2.13. The van der Waals surface area contributed by atoms with Crippen molar-refractivity contribution < 1.29 is 29.3 Å². The van der Waals surface area contributed by atoms with Gasteiger partial charge < -0.3 is 19.8 Å². The van der Waals surface area contributed by atoms with Crippen molar-refractivity contribution in [3.63, 3.8) is 0 Å². The van der Waals surface area contributed by atoms with Crippen LogP contribution in [0.3, 0.4) is 0 Å². The number of benzene rings is 1. The summed E-state index contributed by atoms with van der Waals surface area (Å²) in [6.07, 6.45) is -0.134. The van der Waals surface area contributed by atoms with Crippen LogP contribution >= 0.6 is 0 Å². The maximum absolute atomic E-state index is 12.2. The number of amides is 1. The van der Waals surface area contributed by atoms with Crippen molar-refractivity contribution in [2.75, 3.05) is 13.1 Å². The van der Waals surface area contributed by atoms with Gasteiger partial charge in [0.15, 0.2) is 0 Å². The number of carboxylic acids is 2. The molecule has 0 spiro atoms. The van der Waals surface area contributed by atoms with Gasteiger partial charge in [0.05, 0.1) is 11.8 Å². The third-order valence-corrected chi connectivity index (χ3v) is 4.78. The minimum absolute atomic E-state index is 0.163. The standard InChI is InChI=1S/C18H19NO6/c20-16(21)14-6-12-8-19(9-13(12)7-15(14)17(22)23)18(24)25-10-11-4-2-1-3-5-11/h1-5,14-15H,6-10H2,(H,20,21)(H,22,23). The second-order valence-electron chi connectivity index (χ2n) is 6.40. The molecule has 0 saturated heterocycles. The van der Waals surface area contributed by atoms with Crippen LogP contribution in [0.15, 0.2) is 41.5 Å². The van der Waals surface area contributed by atoms with Crippen LogP contribution in [0.1, 0.15) is 18.4 Å². The molecule has 2 aliphatic rings. The molecule has 25 heavy (non-hydrogen) atoms. The van der Waals surface area contributed by atoms with E-state index in [1.165, 1.54) is 4.90 Å². The summed E-state index contributed by atoms with van der Waals surface area (Å²) in [7, 11) is 0. The fourth-order valence-electron chi connectivity index (χ4n) is 3.43. The molecule has 7 nitrogen and oxygen atoms in total. The average molecular weight is 345 g/mol. The van der Waals surface area contributed by atoms with Crippen LogP contribution in [0.2, 0.25) is 0 Å². The quantitative estimate of drug-likeness (QED) is 0.810. The molecule has 1 aromatic rings. The molecule has 0 aromatic heterocycles. The normalized spacial score (nSPS) is 22.5. The summed E-state index contributed by atoms with van der Waals surface area (Å²) in [6, 6.07) is 9.31. The molecule has 0 saturated carbocycles. The Morgan fingerprint density at radius 1 is 0.960 bits per heavy atom. The topological polar surface area (TPSA) is 104 Å². The Hall–Kier alpha value is -2.83. The Kier molecular flexibility index (Phi) is 4.74. The fourth-order valence-corrected chi connectivity index (χ4v) is 3.43. The number of hydrogen-bond donors (Lipinski definition) is 2. The molecule has 132 valence electrons. The number of carbonyl (C=O) groups excluding carboxylic acids is 1. The van der Waals surface area contributed by atoms with Crippen LogP contribution in [0.4, 0.5) is 4.79 Å². The third kappa shape index (κ3) is 3.65. The van der Waals surface area contributed by atoms with Crippen molar-refractivity contribution in [1.29, 1.82) is 0 Å². The van der Waals surface area contributed by atoms with Gasteiger partial charge in [-0.25, -0.2) is 4.79 Å². The zero-order valence-corrected chi connectivity index (χ0v) is 13.6. The second kappa shape index (κ2) is 6.96. The van der Waals surface area contributed by atoms with Gasteiger partial charge in [0.2, 0.25) is 0 Å². The van der Waals surface area contributed by atoms with E-state index in [1.54, 1.807) is 0 Å². The highest BCUT2D eigenvalue weighted by molar-refractivity contribution is 5.81. The van der Waals surface area contributed by atoms with E-state index in [-0.39, 0.29) is 19.4 Å². The van der Waals surface area contributed by atoms with E-state index in [0.29, 0.717) is 13.1 Å². The molecule has 2 unspecified atom stereocenters. The van der Waals surface area contributed by atoms with Gasteiger partial charge in [-0.3, -0.25) is 9.59 Å². The van der Waals surface area contributed by atoms with Gasteiger partial charge in [0, 0.05) is 13.1 Å². The molecular weight excluding hydrogens is 326 g/mol. The van der Waals surface area contributed by atoms with Crippen LogP contribution in [0, 0.1) is 11.8 Å². The monoisotopic (exact) mass is 345 g/mol. The van der Waals surface area contributed by atoms with Gasteiger partial charge in [0.25, 0.3) is 0 Å². The highest BCUT2D eigenvalue weighted by Crippen LogP contribution is 2.38. The number of nitrogens with zero attached hydrogens (tertiary/aromatic N) is 1. The van der Waals surface area contributed by atoms with Crippen molar-refractivity contribution in [3.8, 4) is 0 Å². The highest BCUT2D eigenvalue weighted by Gasteiger charge is 2.42. The Balaban J connectivity index is 1.61. The minimum atomic E-state index is -1.11. The summed E-state index contributed by atoms with van der Waals surface area (Å²) < 4.78 is 5.29. The number of hydrogen-bond acceptors (Lipinski definition) is 4. The highest BCUT2D eigenvalue weighted by atomic mass is 16.6. The number of carbonyl (C=O) groups is 3. The van der Waals surface area contributed by atoms with Crippen molar-refractivity contribution in [2.24, 2.45) is 11.8 Å². The Morgan fingerprint density at radius 3 is 1.96 bits per heavy atom. The van der Waals surface area contributed by atoms with Crippen molar-refractivity contribution >= 4 is 18.0 Å². The molecule has 2 N–H and O–H groups in total. The van der Waals surface area contributed by atoms with Crippen LogP contribution in [0.5, 0.6) is 0 Å². The van der Waals surface area contributed by atoms with Gasteiger partial charge >= 0.3 is 18.0 Å². The Bertz CT molecular complexity index is 692. The van der Waals surface area contributed by atoms with E-state index in [1.807, 2.05) is 30.3 Å². The van der Waals surface area contributed by atoms with Crippen LogP contribution < -0.4 is 0 Å². The summed E-state index contributed by atoms with van der Waals surface area (Å²) in [5.74, 6) is -4.11. The lowest BCUT2D eigenvalue weighted by Gasteiger charge is -2.26. The molecule has 2 atom stereocenters. The van der Waals surface area contributed by atoms with Gasteiger partial charge in [-0.2, -0.15) is 0 Å². The Morgan fingerprint density at radius 2 is 1.48 bits per heavy atom. The number of carboxylic acid groups (broad SMARTS) is 2. The summed E-state index contributed by atoms with van der Waals surface area (Å²) in [5, 5.41) is 18.5. The van der Waals surface area contributed by atoms with Crippen LogP contribution in [-0.2, 0) is 20.9 Å². The van der Waals surface area contributed by atoms with E-state index in [2.05, 4.69) is 0 Å². The molecular formula is C18H19NO6. The summed E-state index contributed by atoms with van der Waals surface area (Å²) in [6.45, 7) is 0.772. The molecule has 0 bridgehead atoms. The fraction of sp³-hybridized carbons (Fsp3) is 0.389. The largest absolute Gasteiger partial charge is 0.481 e. The maximum atomic E-state index is 12.2. The van der Waals surface area contributed by atoms with E-state index < -0.39 is 29.9 Å². The first-order valence-electron chi connectivity index (χ1n) is 8.06. The smallest absolute Gasteiger partial charge is 0.410 e. The minimum Gasteiger partial charge on any atom is -0.481 e. The second-order valence-corrected chi connectivity index (χ2v) is 6.40. The molecule has 1 aromatic carbocycles. The molecule has 3 rings (SSSR count). The lowest BCUT2D eigenvalue weighted by Crippen LogP contribution is -2.33. The molecule has 1 amide bonds. The zero-order chi connectivity index (χ0) is 18.0. The van der Waals surface area contributed by atoms with Crippen molar-refractivity contribution in [2.45, 2.75) is 19.4 Å². The van der Waals surface area contributed by atoms with Crippen LogP contribution in [0.25, 0.3) is 0 Å². The number of aliphatic carboxylic acids is 2. The first kappa shape index (κ1) is 17.0. The Labute approximate surface area is 144 Å². The molecule has 7 heteroatoms. The SMILES string of the molecule is O=C(O)C1CC2=C(CC1C(=O)O)CN(C(=O)OCc1ccccc1)C2. The van der Waals surface area contributed by atoms with E-state index >= 15 is 0 Å². The predicted molar refractivity (Wildman–Crippen MR) is 86.7 cm³/mol. The maximum Gasteiger partial charge on any atom is 0.410 e. The molecule has 1 heterocycles. The summed E-state index contributed by atoms with van der Waals surface area (Å²) in [4.78, 5) is 36.4. The van der Waals surface area contributed by atoms with Crippen LogP contribution in [-0.4, -0.2) is 46.2 Å². The van der Waals surface area contributed by atoms with Gasteiger partial charge in [-0.1, -0.05) is 30.3 Å². The summed E-state index contributed by atoms with van der Waals surface area (Å²) in [5.41, 5.74) is 2.58.